The summed E-state index contributed by atoms with van der Waals surface area (Å²) in [5.74, 6) is -0.381. The lowest BCUT2D eigenvalue weighted by atomic mass is 10.2. The van der Waals surface area contributed by atoms with E-state index in [0.29, 0.717) is 23.7 Å². The molecule has 1 N–H and O–H groups in total. The quantitative estimate of drug-likeness (QED) is 0.600. The third-order valence-corrected chi connectivity index (χ3v) is 7.33. The molecule has 1 aliphatic heterocycles. The lowest BCUT2D eigenvalue weighted by Gasteiger charge is -2.23. The number of amides is 1. The van der Waals surface area contributed by atoms with Gasteiger partial charge in [0.15, 0.2) is 0 Å². The molecule has 1 heterocycles. The van der Waals surface area contributed by atoms with Gasteiger partial charge in [0.2, 0.25) is 15.9 Å². The third kappa shape index (κ3) is 6.02. The first kappa shape index (κ1) is 22.2. The molecule has 1 atom stereocenters. The van der Waals surface area contributed by atoms with Crippen LogP contribution in [0, 0.1) is 0 Å². The Balaban J connectivity index is 1.79. The summed E-state index contributed by atoms with van der Waals surface area (Å²) >= 11 is 9.53. The Bertz CT molecular complexity index is 947. The molecule has 29 heavy (non-hydrogen) atoms. The van der Waals surface area contributed by atoms with Crippen LogP contribution in [0.15, 0.2) is 57.9 Å². The van der Waals surface area contributed by atoms with Gasteiger partial charge >= 0.3 is 0 Å². The van der Waals surface area contributed by atoms with Crippen LogP contribution < -0.4 is 5.32 Å². The maximum Gasteiger partial charge on any atom is 0.243 e. The summed E-state index contributed by atoms with van der Waals surface area (Å²) in [6, 6.07) is 13.3. The van der Waals surface area contributed by atoms with Crippen LogP contribution in [0.4, 0.5) is 0 Å². The highest BCUT2D eigenvalue weighted by Crippen LogP contribution is 2.23. The number of hydrogen-bond acceptors (Lipinski definition) is 4. The molecule has 0 saturated carbocycles. The van der Waals surface area contributed by atoms with E-state index in [1.54, 1.807) is 36.4 Å². The Labute approximate surface area is 184 Å². The predicted molar refractivity (Wildman–Crippen MR) is 115 cm³/mol. The molecular weight excluding hydrogens is 480 g/mol. The molecule has 1 fully saturated rings. The van der Waals surface area contributed by atoms with Gasteiger partial charge in [0, 0.05) is 29.2 Å². The van der Waals surface area contributed by atoms with Crippen molar-refractivity contribution >= 4 is 43.5 Å². The van der Waals surface area contributed by atoms with Gasteiger partial charge in [-0.2, -0.15) is 4.31 Å². The topological polar surface area (TPSA) is 75.7 Å². The second-order valence-electron chi connectivity index (χ2n) is 6.76. The van der Waals surface area contributed by atoms with E-state index in [-0.39, 0.29) is 30.0 Å². The second kappa shape index (κ2) is 10.0. The van der Waals surface area contributed by atoms with Crippen LogP contribution in [0.2, 0.25) is 5.02 Å². The molecule has 0 unspecified atom stereocenters. The maximum absolute atomic E-state index is 13.2. The van der Waals surface area contributed by atoms with E-state index in [2.05, 4.69) is 21.2 Å². The number of nitrogens with zero attached hydrogens (tertiary/aromatic N) is 1. The fraction of sp³-hybridized carbons (Fsp3) is 0.350. The molecule has 0 spiro atoms. The summed E-state index contributed by atoms with van der Waals surface area (Å²) in [6.45, 7) is 0.746. The van der Waals surface area contributed by atoms with Gasteiger partial charge in [0.1, 0.15) is 0 Å². The smallest absolute Gasteiger partial charge is 0.243 e. The lowest BCUT2D eigenvalue weighted by molar-refractivity contribution is -0.121. The number of hydrogen-bond donors (Lipinski definition) is 1. The second-order valence-corrected chi connectivity index (χ2v) is 10.0. The summed E-state index contributed by atoms with van der Waals surface area (Å²) in [4.78, 5) is 12.6. The standard InChI is InChI=1S/C20H22BrClN2O4S/c21-16-7-9-18(10-8-16)29(26,27)24(13-15-4-1-2-6-19(15)22)14-20(25)23-12-17-5-3-11-28-17/h1-2,4,6-10,17H,3,5,11-14H2,(H,23,25)/t17-/m1/s1. The van der Waals surface area contributed by atoms with Gasteiger partial charge in [0.25, 0.3) is 0 Å². The Hall–Kier alpha value is -1.45. The van der Waals surface area contributed by atoms with Crippen molar-refractivity contribution in [2.24, 2.45) is 0 Å². The highest BCUT2D eigenvalue weighted by Gasteiger charge is 2.28. The van der Waals surface area contributed by atoms with Gasteiger partial charge in [-0.1, -0.05) is 45.7 Å². The highest BCUT2D eigenvalue weighted by molar-refractivity contribution is 9.10. The van der Waals surface area contributed by atoms with Crippen molar-refractivity contribution in [2.45, 2.75) is 30.4 Å². The van der Waals surface area contributed by atoms with Gasteiger partial charge in [0.05, 0.1) is 17.5 Å². The summed E-state index contributed by atoms with van der Waals surface area (Å²) < 4.78 is 33.8. The normalized spacial score (nSPS) is 16.9. The Morgan fingerprint density at radius 1 is 1.21 bits per heavy atom. The average molecular weight is 502 g/mol. The first-order chi connectivity index (χ1) is 13.9. The van der Waals surface area contributed by atoms with Gasteiger partial charge in [-0.25, -0.2) is 8.42 Å². The molecule has 0 aliphatic carbocycles. The van der Waals surface area contributed by atoms with Crippen LogP contribution in [0.1, 0.15) is 18.4 Å². The monoisotopic (exact) mass is 500 g/mol. The number of sulfonamides is 1. The van der Waals surface area contributed by atoms with E-state index in [1.165, 1.54) is 12.1 Å². The van der Waals surface area contributed by atoms with E-state index in [0.717, 1.165) is 21.6 Å². The first-order valence-electron chi connectivity index (χ1n) is 9.23. The van der Waals surface area contributed by atoms with Gasteiger partial charge < -0.3 is 10.1 Å². The number of halogens is 2. The first-order valence-corrected chi connectivity index (χ1v) is 11.8. The van der Waals surface area contributed by atoms with Crippen LogP contribution in [-0.4, -0.2) is 44.4 Å². The molecule has 156 valence electrons. The Kier molecular flexibility index (Phi) is 7.70. The molecule has 2 aromatic carbocycles. The van der Waals surface area contributed by atoms with Crippen molar-refractivity contribution in [3.63, 3.8) is 0 Å². The Morgan fingerprint density at radius 3 is 2.59 bits per heavy atom. The van der Waals surface area contributed by atoms with Crippen LogP contribution in [0.25, 0.3) is 0 Å². The molecule has 0 bridgehead atoms. The fourth-order valence-corrected chi connectivity index (χ4v) is 4.88. The zero-order valence-electron chi connectivity index (χ0n) is 15.7. The Morgan fingerprint density at radius 2 is 1.93 bits per heavy atom. The van der Waals surface area contributed by atoms with Crippen molar-refractivity contribution in [1.29, 1.82) is 0 Å². The molecule has 1 amide bonds. The SMILES string of the molecule is O=C(CN(Cc1ccccc1Cl)S(=O)(=O)c1ccc(Br)cc1)NC[C@H]1CCCO1. The van der Waals surface area contributed by atoms with E-state index in [1.807, 2.05) is 0 Å². The molecule has 1 aliphatic rings. The van der Waals surface area contributed by atoms with Crippen LogP contribution in [0.5, 0.6) is 0 Å². The number of benzene rings is 2. The van der Waals surface area contributed by atoms with Crippen molar-refractivity contribution in [1.82, 2.24) is 9.62 Å². The van der Waals surface area contributed by atoms with Crippen molar-refractivity contribution < 1.29 is 17.9 Å². The third-order valence-electron chi connectivity index (χ3n) is 4.63. The molecule has 9 heteroatoms. The van der Waals surface area contributed by atoms with Crippen molar-refractivity contribution in [3.05, 3.63) is 63.6 Å². The van der Waals surface area contributed by atoms with Crippen molar-refractivity contribution in [3.8, 4) is 0 Å². The molecule has 2 aromatic rings. The largest absolute Gasteiger partial charge is 0.376 e. The van der Waals surface area contributed by atoms with Crippen LogP contribution >= 0.6 is 27.5 Å². The van der Waals surface area contributed by atoms with Crippen LogP contribution in [0.3, 0.4) is 0 Å². The number of ether oxygens (including phenoxy) is 1. The zero-order chi connectivity index (χ0) is 20.9. The lowest BCUT2D eigenvalue weighted by Crippen LogP contribution is -2.42. The minimum Gasteiger partial charge on any atom is -0.376 e. The highest BCUT2D eigenvalue weighted by atomic mass is 79.9. The minimum atomic E-state index is -3.90. The average Bonchev–Trinajstić information content (AvgIpc) is 3.21. The molecule has 0 aromatic heterocycles. The molecule has 0 radical (unpaired) electrons. The predicted octanol–water partition coefficient (Wildman–Crippen LogP) is 3.59. The summed E-state index contributed by atoms with van der Waals surface area (Å²) in [6.07, 6.45) is 1.84. The van der Waals surface area contributed by atoms with E-state index in [9.17, 15) is 13.2 Å². The fourth-order valence-electron chi connectivity index (χ4n) is 3.05. The molecular formula is C20H22BrClN2O4S. The number of carbonyl (C=O) groups is 1. The number of nitrogens with one attached hydrogen (secondary N) is 1. The zero-order valence-corrected chi connectivity index (χ0v) is 18.8. The van der Waals surface area contributed by atoms with Gasteiger partial charge in [-0.3, -0.25) is 4.79 Å². The summed E-state index contributed by atoms with van der Waals surface area (Å²) in [5, 5.41) is 3.23. The summed E-state index contributed by atoms with van der Waals surface area (Å²) in [7, 11) is -3.90. The molecule has 1 saturated heterocycles. The molecule has 3 rings (SSSR count). The van der Waals surface area contributed by atoms with Gasteiger partial charge in [-0.15, -0.1) is 0 Å². The van der Waals surface area contributed by atoms with Gasteiger partial charge in [-0.05, 0) is 48.7 Å². The van der Waals surface area contributed by atoms with E-state index < -0.39 is 10.0 Å². The van der Waals surface area contributed by atoms with Crippen molar-refractivity contribution in [2.75, 3.05) is 19.7 Å². The number of rotatable bonds is 8. The van der Waals surface area contributed by atoms with E-state index >= 15 is 0 Å². The maximum atomic E-state index is 13.2. The summed E-state index contributed by atoms with van der Waals surface area (Å²) in [5.41, 5.74) is 0.627. The minimum absolute atomic E-state index is 0.00851. The van der Waals surface area contributed by atoms with Crippen LogP contribution in [-0.2, 0) is 26.1 Å². The van der Waals surface area contributed by atoms with E-state index in [4.69, 9.17) is 16.3 Å². The molecule has 6 nitrogen and oxygen atoms in total. The number of carbonyl (C=O) groups excluding carboxylic acids is 1.